The molecule has 6 heteroatoms. The molecule has 0 radical (unpaired) electrons. The number of rotatable bonds is 5. The third kappa shape index (κ3) is 4.95. The maximum Gasteiger partial charge on any atom is 0.417 e. The fraction of sp³-hybridized carbons (Fsp3) is 0.167. The summed E-state index contributed by atoms with van der Waals surface area (Å²) in [6.45, 7) is 4.07. The van der Waals surface area contributed by atoms with Crippen molar-refractivity contribution in [1.29, 1.82) is 0 Å². The van der Waals surface area contributed by atoms with E-state index in [1.807, 2.05) is 19.9 Å². The van der Waals surface area contributed by atoms with Crippen LogP contribution >= 0.6 is 0 Å². The summed E-state index contributed by atoms with van der Waals surface area (Å²) in [6, 6.07) is 14.2. The molecule has 0 atom stereocenters. The molecule has 0 bridgehead atoms. The third-order valence-electron chi connectivity index (χ3n) is 4.53. The lowest BCUT2D eigenvalue weighted by atomic mass is 9.94. The number of alkyl halides is 3. The van der Waals surface area contributed by atoms with Crippen LogP contribution in [0.1, 0.15) is 19.4 Å². The lowest BCUT2D eigenvalue weighted by Gasteiger charge is -2.16. The van der Waals surface area contributed by atoms with Gasteiger partial charge >= 0.3 is 6.18 Å². The maximum absolute atomic E-state index is 13.8. The second-order valence-electron chi connectivity index (χ2n) is 7.08. The molecule has 0 saturated carbocycles. The second-order valence-corrected chi connectivity index (χ2v) is 7.08. The van der Waals surface area contributed by atoms with Gasteiger partial charge in [-0.1, -0.05) is 35.9 Å². The minimum Gasteiger partial charge on any atom is -0.508 e. The van der Waals surface area contributed by atoms with Gasteiger partial charge in [0.15, 0.2) is 11.5 Å². The SMILES string of the molecule is CC(C)=CCOc1ccc(-c2ccc(-c3ccc(O)cc3)cc2C(F)(F)F)cc1O. The number of benzene rings is 3. The van der Waals surface area contributed by atoms with Gasteiger partial charge in [-0.25, -0.2) is 0 Å². The molecule has 0 unspecified atom stereocenters. The Balaban J connectivity index is 2.00. The Labute approximate surface area is 172 Å². The van der Waals surface area contributed by atoms with Crippen LogP contribution in [0.4, 0.5) is 13.2 Å². The van der Waals surface area contributed by atoms with Gasteiger partial charge < -0.3 is 14.9 Å². The Hall–Kier alpha value is -3.41. The quantitative estimate of drug-likeness (QED) is 0.452. The highest BCUT2D eigenvalue weighted by atomic mass is 19.4. The molecule has 0 aromatic heterocycles. The number of aromatic hydroxyl groups is 2. The van der Waals surface area contributed by atoms with Crippen molar-refractivity contribution in [3.8, 4) is 39.5 Å². The minimum atomic E-state index is -4.59. The molecule has 3 nitrogen and oxygen atoms in total. The summed E-state index contributed by atoms with van der Waals surface area (Å²) < 4.78 is 46.8. The van der Waals surface area contributed by atoms with Gasteiger partial charge in [0.2, 0.25) is 0 Å². The zero-order chi connectivity index (χ0) is 21.9. The van der Waals surface area contributed by atoms with Gasteiger partial charge in [0.05, 0.1) is 5.56 Å². The predicted octanol–water partition coefficient (Wildman–Crippen LogP) is 6.80. The van der Waals surface area contributed by atoms with Crippen molar-refractivity contribution in [2.75, 3.05) is 6.61 Å². The molecular weight excluding hydrogens is 393 g/mol. The predicted molar refractivity (Wildman–Crippen MR) is 111 cm³/mol. The van der Waals surface area contributed by atoms with Gasteiger partial charge in [0.25, 0.3) is 0 Å². The molecular formula is C24H21F3O3. The van der Waals surface area contributed by atoms with Gasteiger partial charge in [-0.3, -0.25) is 0 Å². The number of hydrogen-bond donors (Lipinski definition) is 2. The molecule has 0 heterocycles. The molecule has 0 aliphatic rings. The van der Waals surface area contributed by atoms with Crippen molar-refractivity contribution < 1.29 is 28.1 Å². The van der Waals surface area contributed by atoms with E-state index in [0.29, 0.717) is 11.1 Å². The topological polar surface area (TPSA) is 49.7 Å². The van der Waals surface area contributed by atoms with E-state index >= 15 is 0 Å². The summed E-state index contributed by atoms with van der Waals surface area (Å²) in [5.74, 6) is 0.00435. The Morgan fingerprint density at radius 1 is 0.867 bits per heavy atom. The summed E-state index contributed by atoms with van der Waals surface area (Å²) >= 11 is 0. The summed E-state index contributed by atoms with van der Waals surface area (Å²) in [6.07, 6.45) is -2.76. The number of phenolic OH excluding ortho intramolecular Hbond substituents is 2. The third-order valence-corrected chi connectivity index (χ3v) is 4.53. The van der Waals surface area contributed by atoms with Gasteiger partial charge in [-0.2, -0.15) is 13.2 Å². The van der Waals surface area contributed by atoms with Crippen LogP contribution in [0.5, 0.6) is 17.2 Å². The average Bonchev–Trinajstić information content (AvgIpc) is 2.68. The first-order valence-corrected chi connectivity index (χ1v) is 9.25. The molecule has 30 heavy (non-hydrogen) atoms. The number of allylic oxidation sites excluding steroid dienone is 1. The molecule has 3 rings (SSSR count). The summed E-state index contributed by atoms with van der Waals surface area (Å²) in [4.78, 5) is 0. The van der Waals surface area contributed by atoms with Gasteiger partial charge in [-0.05, 0) is 72.5 Å². The summed E-state index contributed by atoms with van der Waals surface area (Å²) in [5, 5.41) is 19.6. The van der Waals surface area contributed by atoms with Crippen LogP contribution in [0.25, 0.3) is 22.3 Å². The molecule has 0 aliphatic heterocycles. The normalized spacial score (nSPS) is 11.2. The van der Waals surface area contributed by atoms with Crippen molar-refractivity contribution in [1.82, 2.24) is 0 Å². The molecule has 156 valence electrons. The van der Waals surface area contributed by atoms with Crippen LogP contribution in [0.2, 0.25) is 0 Å². The highest BCUT2D eigenvalue weighted by Gasteiger charge is 2.34. The van der Waals surface area contributed by atoms with Crippen LogP contribution in [0.3, 0.4) is 0 Å². The Kier molecular flexibility index (Phi) is 6.06. The first-order valence-electron chi connectivity index (χ1n) is 9.25. The molecule has 3 aromatic carbocycles. The smallest absolute Gasteiger partial charge is 0.417 e. The zero-order valence-corrected chi connectivity index (χ0v) is 16.5. The van der Waals surface area contributed by atoms with E-state index in [2.05, 4.69) is 0 Å². The lowest BCUT2D eigenvalue weighted by Crippen LogP contribution is -2.07. The Bertz CT molecular complexity index is 1060. The van der Waals surface area contributed by atoms with E-state index in [1.54, 1.807) is 18.2 Å². The minimum absolute atomic E-state index is 0.0359. The number of phenols is 2. The van der Waals surface area contributed by atoms with E-state index < -0.39 is 11.7 Å². The largest absolute Gasteiger partial charge is 0.508 e. The number of ether oxygens (including phenoxy) is 1. The Morgan fingerprint density at radius 2 is 1.50 bits per heavy atom. The first-order chi connectivity index (χ1) is 14.1. The van der Waals surface area contributed by atoms with Crippen LogP contribution in [0.15, 0.2) is 72.3 Å². The first kappa shape index (κ1) is 21.3. The van der Waals surface area contributed by atoms with Crippen molar-refractivity contribution in [3.05, 3.63) is 77.9 Å². The fourth-order valence-electron chi connectivity index (χ4n) is 2.97. The van der Waals surface area contributed by atoms with Crippen molar-refractivity contribution >= 4 is 0 Å². The van der Waals surface area contributed by atoms with E-state index in [-0.39, 0.29) is 35.0 Å². The van der Waals surface area contributed by atoms with Crippen LogP contribution in [0, 0.1) is 0 Å². The van der Waals surface area contributed by atoms with Crippen LogP contribution in [-0.4, -0.2) is 16.8 Å². The van der Waals surface area contributed by atoms with E-state index in [1.165, 1.54) is 36.4 Å². The molecule has 0 fully saturated rings. The highest BCUT2D eigenvalue weighted by Crippen LogP contribution is 2.41. The van der Waals surface area contributed by atoms with Crippen molar-refractivity contribution in [2.24, 2.45) is 0 Å². The van der Waals surface area contributed by atoms with Crippen molar-refractivity contribution in [3.63, 3.8) is 0 Å². The van der Waals surface area contributed by atoms with Gasteiger partial charge in [0.1, 0.15) is 12.4 Å². The fourth-order valence-corrected chi connectivity index (χ4v) is 2.97. The summed E-state index contributed by atoms with van der Waals surface area (Å²) in [7, 11) is 0. The number of hydrogen-bond acceptors (Lipinski definition) is 3. The molecule has 0 saturated heterocycles. The molecule has 0 amide bonds. The van der Waals surface area contributed by atoms with E-state index in [9.17, 15) is 23.4 Å². The maximum atomic E-state index is 13.8. The van der Waals surface area contributed by atoms with Gasteiger partial charge in [0, 0.05) is 0 Å². The van der Waals surface area contributed by atoms with Gasteiger partial charge in [-0.15, -0.1) is 0 Å². The average molecular weight is 414 g/mol. The monoisotopic (exact) mass is 414 g/mol. The van der Waals surface area contributed by atoms with Crippen LogP contribution in [-0.2, 0) is 6.18 Å². The second kappa shape index (κ2) is 8.53. The highest BCUT2D eigenvalue weighted by molar-refractivity contribution is 5.76. The zero-order valence-electron chi connectivity index (χ0n) is 16.5. The Morgan fingerprint density at radius 3 is 2.10 bits per heavy atom. The lowest BCUT2D eigenvalue weighted by molar-refractivity contribution is -0.137. The van der Waals surface area contributed by atoms with E-state index in [0.717, 1.165) is 11.6 Å². The molecule has 3 aromatic rings. The van der Waals surface area contributed by atoms with Crippen molar-refractivity contribution in [2.45, 2.75) is 20.0 Å². The standard InChI is InChI=1S/C24H21F3O3/c1-15(2)11-12-30-23-10-6-18(14-22(23)29)20-9-5-17(13-21(20)24(25,26)27)16-3-7-19(28)8-4-16/h3-11,13-14,28-29H,12H2,1-2H3. The number of halogens is 3. The molecule has 2 N–H and O–H groups in total. The molecule has 0 spiro atoms. The summed E-state index contributed by atoms with van der Waals surface area (Å²) in [5.41, 5.74) is 1.34. The van der Waals surface area contributed by atoms with E-state index in [4.69, 9.17) is 4.74 Å². The molecule has 0 aliphatic carbocycles. The van der Waals surface area contributed by atoms with Crippen LogP contribution < -0.4 is 4.74 Å².